The van der Waals surface area contributed by atoms with Gasteiger partial charge in [0.25, 0.3) is 0 Å². The maximum atomic E-state index is 4.70. The van der Waals surface area contributed by atoms with Crippen molar-refractivity contribution >= 4 is 44.7 Å². The minimum atomic E-state index is 0.970. The summed E-state index contributed by atoms with van der Waals surface area (Å²) in [4.78, 5) is 13.2. The van der Waals surface area contributed by atoms with Crippen LogP contribution in [0.15, 0.2) is 76.7 Å². The molecule has 2 aromatic carbocycles. The third-order valence-electron chi connectivity index (χ3n) is 5.17. The number of hydrogen-bond acceptors (Lipinski definition) is 5. The highest BCUT2D eigenvalue weighted by Crippen LogP contribution is 2.48. The van der Waals surface area contributed by atoms with E-state index in [4.69, 9.17) is 4.98 Å². The number of nitrogens with zero attached hydrogens (tertiary/aromatic N) is 3. The fraction of sp³-hybridized carbons (Fsp3) is 0.208. The first-order chi connectivity index (χ1) is 14.2. The second-order valence-electron chi connectivity index (χ2n) is 7.57. The van der Waals surface area contributed by atoms with Crippen LogP contribution in [0, 0.1) is 0 Å². The molecule has 0 spiro atoms. The molecule has 1 aliphatic heterocycles. The molecule has 3 nitrogen and oxygen atoms in total. The van der Waals surface area contributed by atoms with E-state index in [1.807, 2.05) is 35.4 Å². The molecule has 1 aliphatic rings. The van der Waals surface area contributed by atoms with Crippen molar-refractivity contribution in [2.75, 3.05) is 32.1 Å². The minimum absolute atomic E-state index is 0.970. The molecular weight excluding hydrogens is 394 g/mol. The van der Waals surface area contributed by atoms with Gasteiger partial charge >= 0.3 is 0 Å². The molecular formula is C24H23N3S2. The van der Waals surface area contributed by atoms with Gasteiger partial charge in [0.2, 0.25) is 0 Å². The molecule has 4 aromatic rings. The average Bonchev–Trinajstić information content (AvgIpc) is 3.17. The van der Waals surface area contributed by atoms with Crippen molar-refractivity contribution in [3.63, 3.8) is 0 Å². The SMILES string of the molecule is CN(C)CCCN1c2ccc(-c3cc4ccccc4s3)cc2Sc2cccnc21. The van der Waals surface area contributed by atoms with Crippen LogP contribution in [0.4, 0.5) is 11.5 Å². The van der Waals surface area contributed by atoms with Crippen molar-refractivity contribution in [1.82, 2.24) is 9.88 Å². The quantitative estimate of drug-likeness (QED) is 0.368. The largest absolute Gasteiger partial charge is 0.324 e. The van der Waals surface area contributed by atoms with Crippen LogP contribution in [0.1, 0.15) is 6.42 Å². The van der Waals surface area contributed by atoms with Crippen molar-refractivity contribution in [3.8, 4) is 10.4 Å². The molecule has 0 unspecified atom stereocenters. The molecule has 0 radical (unpaired) electrons. The standard InChI is InChI=1S/C24H23N3S2/c1-26(2)13-6-14-27-19-11-10-18(22-15-17-7-3-4-8-20(17)28-22)16-23(19)29-21-9-5-12-25-24(21)27/h3-5,7-12,15-16H,6,13-14H2,1-2H3. The van der Waals surface area contributed by atoms with E-state index < -0.39 is 0 Å². The van der Waals surface area contributed by atoms with E-state index >= 15 is 0 Å². The summed E-state index contributed by atoms with van der Waals surface area (Å²) in [5, 5.41) is 1.32. The minimum Gasteiger partial charge on any atom is -0.324 e. The summed E-state index contributed by atoms with van der Waals surface area (Å²) >= 11 is 3.70. The Morgan fingerprint density at radius 1 is 0.966 bits per heavy atom. The summed E-state index contributed by atoms with van der Waals surface area (Å²) in [7, 11) is 4.26. The van der Waals surface area contributed by atoms with Gasteiger partial charge in [-0.05, 0) is 74.4 Å². The van der Waals surface area contributed by atoms with Crippen LogP contribution < -0.4 is 4.90 Å². The Bertz CT molecular complexity index is 1130. The summed E-state index contributed by atoms with van der Waals surface area (Å²) in [6, 6.07) is 22.0. The summed E-state index contributed by atoms with van der Waals surface area (Å²) in [6.45, 7) is 2.04. The molecule has 5 heteroatoms. The topological polar surface area (TPSA) is 19.4 Å². The molecule has 0 N–H and O–H groups in total. The third-order valence-corrected chi connectivity index (χ3v) is 7.42. The molecule has 0 amide bonds. The van der Waals surface area contributed by atoms with E-state index in [1.165, 1.54) is 36.0 Å². The zero-order chi connectivity index (χ0) is 19.8. The maximum absolute atomic E-state index is 4.70. The normalized spacial score (nSPS) is 13.0. The zero-order valence-corrected chi connectivity index (χ0v) is 18.3. The highest BCUT2D eigenvalue weighted by molar-refractivity contribution is 7.99. The number of hydrogen-bond donors (Lipinski definition) is 0. The molecule has 0 saturated heterocycles. The van der Waals surface area contributed by atoms with Crippen LogP contribution in [0.25, 0.3) is 20.5 Å². The van der Waals surface area contributed by atoms with Gasteiger partial charge in [-0.2, -0.15) is 0 Å². The third kappa shape index (κ3) is 3.66. The molecule has 146 valence electrons. The van der Waals surface area contributed by atoms with Gasteiger partial charge in [0.1, 0.15) is 5.82 Å². The van der Waals surface area contributed by atoms with E-state index in [9.17, 15) is 0 Å². The number of aromatic nitrogens is 1. The Labute approximate surface area is 180 Å². The van der Waals surface area contributed by atoms with E-state index in [2.05, 4.69) is 78.5 Å². The number of benzene rings is 2. The van der Waals surface area contributed by atoms with Gasteiger partial charge in [-0.25, -0.2) is 4.98 Å². The summed E-state index contributed by atoms with van der Waals surface area (Å²) < 4.78 is 1.34. The Hall–Kier alpha value is -2.34. The lowest BCUT2D eigenvalue weighted by Crippen LogP contribution is -2.26. The highest BCUT2D eigenvalue weighted by atomic mass is 32.2. The van der Waals surface area contributed by atoms with Gasteiger partial charge in [0, 0.05) is 27.2 Å². The predicted molar refractivity (Wildman–Crippen MR) is 126 cm³/mol. The number of pyridine rings is 1. The van der Waals surface area contributed by atoms with E-state index in [0.717, 1.165) is 25.3 Å². The van der Waals surface area contributed by atoms with Gasteiger partial charge in [-0.15, -0.1) is 11.3 Å². The van der Waals surface area contributed by atoms with Crippen molar-refractivity contribution < 1.29 is 0 Å². The molecule has 29 heavy (non-hydrogen) atoms. The smallest absolute Gasteiger partial charge is 0.147 e. The molecule has 0 aliphatic carbocycles. The summed E-state index contributed by atoms with van der Waals surface area (Å²) in [5.74, 6) is 1.08. The maximum Gasteiger partial charge on any atom is 0.147 e. The Morgan fingerprint density at radius 3 is 2.72 bits per heavy atom. The van der Waals surface area contributed by atoms with Crippen LogP contribution in [0.3, 0.4) is 0 Å². The molecule has 0 bridgehead atoms. The van der Waals surface area contributed by atoms with Crippen molar-refractivity contribution in [2.24, 2.45) is 0 Å². The van der Waals surface area contributed by atoms with Crippen molar-refractivity contribution in [3.05, 3.63) is 66.9 Å². The van der Waals surface area contributed by atoms with Gasteiger partial charge in [0.15, 0.2) is 0 Å². The van der Waals surface area contributed by atoms with Crippen LogP contribution in [-0.4, -0.2) is 37.1 Å². The molecule has 2 aromatic heterocycles. The fourth-order valence-corrected chi connectivity index (χ4v) is 5.93. The van der Waals surface area contributed by atoms with E-state index in [0.29, 0.717) is 0 Å². The van der Waals surface area contributed by atoms with Crippen LogP contribution in [0.5, 0.6) is 0 Å². The Morgan fingerprint density at radius 2 is 1.86 bits per heavy atom. The zero-order valence-electron chi connectivity index (χ0n) is 16.6. The van der Waals surface area contributed by atoms with Crippen molar-refractivity contribution in [2.45, 2.75) is 16.2 Å². The van der Waals surface area contributed by atoms with Gasteiger partial charge in [-0.3, -0.25) is 0 Å². The van der Waals surface area contributed by atoms with Crippen LogP contribution >= 0.6 is 23.1 Å². The highest BCUT2D eigenvalue weighted by Gasteiger charge is 2.24. The van der Waals surface area contributed by atoms with Crippen molar-refractivity contribution in [1.29, 1.82) is 0 Å². The Balaban J connectivity index is 1.52. The lowest BCUT2D eigenvalue weighted by Gasteiger charge is -2.32. The molecule has 0 fully saturated rings. The monoisotopic (exact) mass is 417 g/mol. The molecule has 0 saturated carbocycles. The Kier molecular flexibility index (Phi) is 5.04. The van der Waals surface area contributed by atoms with Crippen LogP contribution in [0.2, 0.25) is 0 Å². The molecule has 3 heterocycles. The molecule has 0 atom stereocenters. The second kappa shape index (κ2) is 7.82. The first-order valence-corrected chi connectivity index (χ1v) is 11.5. The average molecular weight is 418 g/mol. The van der Waals surface area contributed by atoms with Gasteiger partial charge in [-0.1, -0.05) is 36.0 Å². The predicted octanol–water partition coefficient (Wildman–Crippen LogP) is 6.52. The van der Waals surface area contributed by atoms with E-state index in [1.54, 1.807) is 0 Å². The first-order valence-electron chi connectivity index (χ1n) is 9.87. The fourth-order valence-electron chi connectivity index (χ4n) is 3.76. The van der Waals surface area contributed by atoms with Gasteiger partial charge in [0.05, 0.1) is 10.6 Å². The number of thiophene rings is 1. The van der Waals surface area contributed by atoms with E-state index in [-0.39, 0.29) is 0 Å². The lowest BCUT2D eigenvalue weighted by atomic mass is 10.1. The lowest BCUT2D eigenvalue weighted by molar-refractivity contribution is 0.402. The molecule has 5 rings (SSSR count). The summed E-state index contributed by atoms with van der Waals surface area (Å²) in [6.07, 6.45) is 3.00. The van der Waals surface area contributed by atoms with Crippen LogP contribution in [-0.2, 0) is 0 Å². The number of rotatable bonds is 5. The second-order valence-corrected chi connectivity index (χ2v) is 9.73. The number of fused-ring (bicyclic) bond motifs is 3. The summed E-state index contributed by atoms with van der Waals surface area (Å²) in [5.41, 5.74) is 2.56. The van der Waals surface area contributed by atoms with Gasteiger partial charge < -0.3 is 9.80 Å². The first kappa shape index (κ1) is 18.7. The number of anilines is 2.